The van der Waals surface area contributed by atoms with Gasteiger partial charge in [-0.15, -0.1) is 11.3 Å². The number of methoxy groups -OCH3 is 1. The second-order valence-corrected chi connectivity index (χ2v) is 5.17. The molecule has 1 aromatic heterocycles. The molecule has 0 saturated carbocycles. The molecule has 1 heterocycles. The number of ether oxygens (including phenoxy) is 1. The topological polar surface area (TPSA) is 88.5 Å². The maximum atomic E-state index is 11.9. The Morgan fingerprint density at radius 3 is 2.74 bits per heavy atom. The van der Waals surface area contributed by atoms with E-state index in [4.69, 9.17) is 9.84 Å². The zero-order chi connectivity index (χ0) is 14.5. The van der Waals surface area contributed by atoms with Crippen molar-refractivity contribution >= 4 is 23.2 Å². The second kappa shape index (κ2) is 6.63. The standard InChI is InChI=1S/C12H18N2O4S/c1-4-12(2,18-3)11(17)13-6-5-9-14-8(7-19-9)10(15)16/h7H,4-6H2,1-3H3,(H,13,17)(H,15,16). The number of nitrogens with zero attached hydrogens (tertiary/aromatic N) is 1. The third kappa shape index (κ3) is 4.00. The minimum atomic E-state index is -1.04. The van der Waals surface area contributed by atoms with E-state index in [1.54, 1.807) is 6.92 Å². The number of carbonyl (C=O) groups excluding carboxylic acids is 1. The fourth-order valence-corrected chi connectivity index (χ4v) is 2.16. The number of carboxylic acid groups (broad SMARTS) is 1. The highest BCUT2D eigenvalue weighted by atomic mass is 32.1. The van der Waals surface area contributed by atoms with Crippen molar-refractivity contribution in [2.24, 2.45) is 0 Å². The number of hydrogen-bond acceptors (Lipinski definition) is 5. The zero-order valence-electron chi connectivity index (χ0n) is 11.2. The molecule has 1 atom stereocenters. The molecule has 2 N–H and O–H groups in total. The van der Waals surface area contributed by atoms with Crippen LogP contribution in [0.25, 0.3) is 0 Å². The fourth-order valence-electron chi connectivity index (χ4n) is 1.39. The van der Waals surface area contributed by atoms with Gasteiger partial charge in [-0.2, -0.15) is 0 Å². The predicted molar refractivity (Wildman–Crippen MR) is 71.5 cm³/mol. The molecule has 7 heteroatoms. The normalized spacial score (nSPS) is 13.8. The molecule has 0 spiro atoms. The maximum absolute atomic E-state index is 11.9. The molecule has 0 aliphatic carbocycles. The van der Waals surface area contributed by atoms with E-state index in [9.17, 15) is 9.59 Å². The van der Waals surface area contributed by atoms with Crippen LogP contribution < -0.4 is 5.32 Å². The van der Waals surface area contributed by atoms with E-state index in [-0.39, 0.29) is 11.6 Å². The summed E-state index contributed by atoms with van der Waals surface area (Å²) in [5.41, 5.74) is -0.781. The van der Waals surface area contributed by atoms with Crippen molar-refractivity contribution in [3.63, 3.8) is 0 Å². The highest BCUT2D eigenvalue weighted by molar-refractivity contribution is 7.09. The Hall–Kier alpha value is -1.47. The van der Waals surface area contributed by atoms with Crippen LogP contribution in [0.2, 0.25) is 0 Å². The lowest BCUT2D eigenvalue weighted by atomic mass is 10.0. The maximum Gasteiger partial charge on any atom is 0.355 e. The van der Waals surface area contributed by atoms with Crippen LogP contribution in [-0.2, 0) is 16.0 Å². The summed E-state index contributed by atoms with van der Waals surface area (Å²) in [6.07, 6.45) is 1.09. The molecule has 1 amide bonds. The number of rotatable bonds is 7. The lowest BCUT2D eigenvalue weighted by Gasteiger charge is -2.25. The van der Waals surface area contributed by atoms with E-state index >= 15 is 0 Å². The number of carbonyl (C=O) groups is 2. The third-order valence-corrected chi connectivity index (χ3v) is 3.91. The summed E-state index contributed by atoms with van der Waals surface area (Å²) in [6, 6.07) is 0. The SMILES string of the molecule is CCC(C)(OC)C(=O)NCCc1nc(C(=O)O)cs1. The minimum Gasteiger partial charge on any atom is -0.476 e. The van der Waals surface area contributed by atoms with Crippen LogP contribution in [0.4, 0.5) is 0 Å². The van der Waals surface area contributed by atoms with Crippen molar-refractivity contribution in [2.45, 2.75) is 32.3 Å². The third-order valence-electron chi connectivity index (χ3n) is 3.00. The monoisotopic (exact) mass is 286 g/mol. The van der Waals surface area contributed by atoms with E-state index < -0.39 is 11.6 Å². The van der Waals surface area contributed by atoms with Gasteiger partial charge in [-0.05, 0) is 13.3 Å². The lowest BCUT2D eigenvalue weighted by Crippen LogP contribution is -2.46. The largest absolute Gasteiger partial charge is 0.476 e. The Morgan fingerprint density at radius 1 is 1.58 bits per heavy atom. The molecule has 6 nitrogen and oxygen atoms in total. The smallest absolute Gasteiger partial charge is 0.355 e. The highest BCUT2D eigenvalue weighted by Gasteiger charge is 2.30. The average molecular weight is 286 g/mol. The van der Waals surface area contributed by atoms with Crippen LogP contribution in [0.1, 0.15) is 35.8 Å². The number of thiazole rings is 1. The van der Waals surface area contributed by atoms with Crippen molar-refractivity contribution in [1.82, 2.24) is 10.3 Å². The average Bonchev–Trinajstić information content (AvgIpc) is 2.86. The number of aromatic nitrogens is 1. The van der Waals surface area contributed by atoms with Crippen LogP contribution >= 0.6 is 11.3 Å². The molecule has 0 bridgehead atoms. The molecule has 1 rings (SSSR count). The van der Waals surface area contributed by atoms with Gasteiger partial charge in [-0.3, -0.25) is 4.79 Å². The van der Waals surface area contributed by atoms with Crippen LogP contribution in [0.15, 0.2) is 5.38 Å². The molecule has 106 valence electrons. The van der Waals surface area contributed by atoms with E-state index in [2.05, 4.69) is 10.3 Å². The first-order valence-corrected chi connectivity index (χ1v) is 6.82. The van der Waals surface area contributed by atoms with Crippen LogP contribution in [0.3, 0.4) is 0 Å². The number of amides is 1. The quantitative estimate of drug-likeness (QED) is 0.789. The molecule has 0 radical (unpaired) electrons. The van der Waals surface area contributed by atoms with Gasteiger partial charge in [0.1, 0.15) is 5.60 Å². The summed E-state index contributed by atoms with van der Waals surface area (Å²) in [4.78, 5) is 26.5. The number of hydrogen-bond donors (Lipinski definition) is 2. The summed E-state index contributed by atoms with van der Waals surface area (Å²) in [7, 11) is 1.50. The Kier molecular flexibility index (Phi) is 5.44. The van der Waals surface area contributed by atoms with Crippen molar-refractivity contribution in [3.05, 3.63) is 16.1 Å². The van der Waals surface area contributed by atoms with Crippen LogP contribution in [0, 0.1) is 0 Å². The molecule has 1 unspecified atom stereocenters. The highest BCUT2D eigenvalue weighted by Crippen LogP contribution is 2.14. The van der Waals surface area contributed by atoms with E-state index in [0.29, 0.717) is 24.4 Å². The molecule has 0 aromatic carbocycles. The predicted octanol–water partition coefficient (Wildman–Crippen LogP) is 1.32. The first-order valence-electron chi connectivity index (χ1n) is 5.94. The van der Waals surface area contributed by atoms with Crippen molar-refractivity contribution in [3.8, 4) is 0 Å². The van der Waals surface area contributed by atoms with Gasteiger partial charge >= 0.3 is 5.97 Å². The van der Waals surface area contributed by atoms with Crippen molar-refractivity contribution < 1.29 is 19.4 Å². The Balaban J connectivity index is 2.45. The number of aromatic carboxylic acids is 1. The Morgan fingerprint density at radius 2 is 2.26 bits per heavy atom. The second-order valence-electron chi connectivity index (χ2n) is 4.23. The van der Waals surface area contributed by atoms with Gasteiger partial charge in [0.2, 0.25) is 0 Å². The summed E-state index contributed by atoms with van der Waals surface area (Å²) < 4.78 is 5.18. The molecular formula is C12H18N2O4S. The van der Waals surface area contributed by atoms with Gasteiger partial charge < -0.3 is 15.2 Å². The molecular weight excluding hydrogens is 268 g/mol. The van der Waals surface area contributed by atoms with E-state index in [0.717, 1.165) is 0 Å². The molecule has 0 saturated heterocycles. The summed E-state index contributed by atoms with van der Waals surface area (Å²) in [6.45, 7) is 4.02. The van der Waals surface area contributed by atoms with E-state index in [1.165, 1.54) is 23.8 Å². The molecule has 0 fully saturated rings. The van der Waals surface area contributed by atoms with Crippen LogP contribution in [-0.4, -0.2) is 41.2 Å². The lowest BCUT2D eigenvalue weighted by molar-refractivity contribution is -0.141. The zero-order valence-corrected chi connectivity index (χ0v) is 12.0. The molecule has 19 heavy (non-hydrogen) atoms. The number of nitrogens with one attached hydrogen (secondary N) is 1. The van der Waals surface area contributed by atoms with E-state index in [1.807, 2.05) is 6.92 Å². The van der Waals surface area contributed by atoms with Gasteiger partial charge in [0.25, 0.3) is 5.91 Å². The van der Waals surface area contributed by atoms with Gasteiger partial charge in [0, 0.05) is 25.5 Å². The summed E-state index contributed by atoms with van der Waals surface area (Å²) in [5, 5.41) is 13.7. The fraction of sp³-hybridized carbons (Fsp3) is 0.583. The Labute approximate surface area is 115 Å². The van der Waals surface area contributed by atoms with Crippen molar-refractivity contribution in [2.75, 3.05) is 13.7 Å². The number of carboxylic acids is 1. The van der Waals surface area contributed by atoms with Crippen LogP contribution in [0.5, 0.6) is 0 Å². The van der Waals surface area contributed by atoms with Gasteiger partial charge in [-0.1, -0.05) is 6.92 Å². The van der Waals surface area contributed by atoms with Gasteiger partial charge in [-0.25, -0.2) is 9.78 Å². The van der Waals surface area contributed by atoms with Gasteiger partial charge in [0.05, 0.1) is 5.01 Å². The molecule has 0 aliphatic rings. The molecule has 0 aliphatic heterocycles. The Bertz CT molecular complexity index is 454. The minimum absolute atomic E-state index is 0.0432. The summed E-state index contributed by atoms with van der Waals surface area (Å²) in [5.74, 6) is -1.21. The first-order chi connectivity index (χ1) is 8.92. The molecule has 1 aromatic rings. The first kappa shape index (κ1) is 15.6. The van der Waals surface area contributed by atoms with Crippen molar-refractivity contribution in [1.29, 1.82) is 0 Å². The van der Waals surface area contributed by atoms with Gasteiger partial charge in [0.15, 0.2) is 5.69 Å². The summed E-state index contributed by atoms with van der Waals surface area (Å²) >= 11 is 1.27.